The Labute approximate surface area is 215 Å². The molecule has 35 heavy (non-hydrogen) atoms. The van der Waals surface area contributed by atoms with Crippen molar-refractivity contribution in [1.82, 2.24) is 10.4 Å². The van der Waals surface area contributed by atoms with Crippen LogP contribution >= 0.6 is 23.2 Å². The number of nitrogens with one attached hydrogen (secondary N) is 2. The molecule has 0 bridgehead atoms. The number of anilines is 1. The maximum atomic E-state index is 12.8. The van der Waals surface area contributed by atoms with Crippen LogP contribution in [0.2, 0.25) is 10.0 Å². The number of benzene rings is 2. The molecule has 0 unspecified atom stereocenters. The van der Waals surface area contributed by atoms with Crippen molar-refractivity contribution in [2.75, 3.05) is 25.5 Å². The molecule has 2 aromatic carbocycles. The third-order valence-corrected chi connectivity index (χ3v) is 7.46. The third-order valence-electron chi connectivity index (χ3n) is 6.91. The number of piperidine rings is 1. The molecule has 9 heteroatoms. The van der Waals surface area contributed by atoms with E-state index in [4.69, 9.17) is 37.5 Å². The highest BCUT2D eigenvalue weighted by Crippen LogP contribution is 2.38. The molecule has 7 nitrogen and oxygen atoms in total. The smallest absolute Gasteiger partial charge is 0.321 e. The summed E-state index contributed by atoms with van der Waals surface area (Å²) in [6.45, 7) is 1.11. The predicted molar refractivity (Wildman–Crippen MR) is 137 cm³/mol. The van der Waals surface area contributed by atoms with Crippen LogP contribution in [0.15, 0.2) is 42.5 Å². The third kappa shape index (κ3) is 5.32. The normalized spacial score (nSPS) is 19.4. The molecule has 186 valence electrons. The Morgan fingerprint density at radius 3 is 2.60 bits per heavy atom. The van der Waals surface area contributed by atoms with Gasteiger partial charge < -0.3 is 19.7 Å². The summed E-state index contributed by atoms with van der Waals surface area (Å²) in [5.74, 6) is 1.49. The van der Waals surface area contributed by atoms with Gasteiger partial charge in [0, 0.05) is 36.5 Å². The maximum absolute atomic E-state index is 12.8. The minimum Gasteiger partial charge on any atom is -0.493 e. The van der Waals surface area contributed by atoms with Crippen LogP contribution < -0.4 is 20.3 Å². The molecule has 1 aliphatic carbocycles. The number of hydrogen-bond donors (Lipinski definition) is 2. The van der Waals surface area contributed by atoms with Gasteiger partial charge in [0.1, 0.15) is 5.60 Å². The van der Waals surface area contributed by atoms with Gasteiger partial charge in [-0.2, -0.15) is 0 Å². The molecule has 1 saturated heterocycles. The van der Waals surface area contributed by atoms with E-state index in [9.17, 15) is 4.79 Å². The van der Waals surface area contributed by atoms with Crippen molar-refractivity contribution in [3.63, 3.8) is 0 Å². The van der Waals surface area contributed by atoms with Crippen LogP contribution in [0.25, 0.3) is 5.70 Å². The van der Waals surface area contributed by atoms with E-state index >= 15 is 0 Å². The average Bonchev–Trinajstić information content (AvgIpc) is 3.52. The van der Waals surface area contributed by atoms with Crippen molar-refractivity contribution in [2.24, 2.45) is 0 Å². The second-order valence-corrected chi connectivity index (χ2v) is 10.1. The summed E-state index contributed by atoms with van der Waals surface area (Å²) in [6, 6.07) is 10.8. The van der Waals surface area contributed by atoms with E-state index < -0.39 is 5.60 Å². The number of hydroxylamine groups is 1. The number of carbonyl (C=O) groups is 1. The van der Waals surface area contributed by atoms with E-state index in [1.165, 1.54) is 12.8 Å². The van der Waals surface area contributed by atoms with Crippen LogP contribution in [0.5, 0.6) is 11.5 Å². The minimum atomic E-state index is -0.462. The fourth-order valence-corrected chi connectivity index (χ4v) is 5.32. The van der Waals surface area contributed by atoms with Crippen LogP contribution in [0.1, 0.15) is 44.1 Å². The minimum absolute atomic E-state index is 0.192. The van der Waals surface area contributed by atoms with Gasteiger partial charge in [0.05, 0.1) is 29.6 Å². The van der Waals surface area contributed by atoms with Gasteiger partial charge in [-0.25, -0.2) is 4.79 Å². The van der Waals surface area contributed by atoms with Crippen LogP contribution in [0, 0.1) is 0 Å². The average molecular weight is 518 g/mol. The van der Waals surface area contributed by atoms with E-state index in [2.05, 4.69) is 16.9 Å². The molecule has 2 aromatic rings. The molecule has 5 rings (SSSR count). The van der Waals surface area contributed by atoms with Crippen LogP contribution in [0.3, 0.4) is 0 Å². The summed E-state index contributed by atoms with van der Waals surface area (Å²) in [4.78, 5) is 20.6. The van der Waals surface area contributed by atoms with E-state index in [-0.39, 0.29) is 12.1 Å². The topological polar surface area (TPSA) is 72.1 Å². The van der Waals surface area contributed by atoms with Crippen molar-refractivity contribution in [3.8, 4) is 11.5 Å². The van der Waals surface area contributed by atoms with Crippen LogP contribution in [0.4, 0.5) is 10.5 Å². The number of likely N-dealkylation sites (tertiary alicyclic amines) is 1. The van der Waals surface area contributed by atoms with Gasteiger partial charge in [0.15, 0.2) is 11.5 Å². The zero-order chi connectivity index (χ0) is 24.4. The first-order chi connectivity index (χ1) is 16.9. The zero-order valence-electron chi connectivity index (χ0n) is 19.6. The lowest BCUT2D eigenvalue weighted by Gasteiger charge is -2.36. The fraction of sp³-hybridized carbons (Fsp3) is 0.423. The lowest BCUT2D eigenvalue weighted by atomic mass is 9.90. The molecule has 2 aliphatic heterocycles. The first-order valence-corrected chi connectivity index (χ1v) is 12.7. The number of rotatable bonds is 5. The number of methoxy groups -OCH3 is 1. The predicted octanol–water partition coefficient (Wildman–Crippen LogP) is 6.27. The van der Waals surface area contributed by atoms with Crippen molar-refractivity contribution in [1.29, 1.82) is 0 Å². The number of carbonyl (C=O) groups excluding carboxylic acids is 1. The summed E-state index contributed by atoms with van der Waals surface area (Å²) in [6.07, 6.45) is 8.28. The molecule has 0 radical (unpaired) electrons. The molecule has 1 saturated carbocycles. The number of hydrogen-bond acceptors (Lipinski definition) is 5. The molecule has 2 amide bonds. The number of nitrogens with zero attached hydrogens (tertiary/aromatic N) is 1. The Morgan fingerprint density at radius 2 is 1.89 bits per heavy atom. The van der Waals surface area contributed by atoms with E-state index in [1.54, 1.807) is 30.2 Å². The first-order valence-electron chi connectivity index (χ1n) is 12.0. The van der Waals surface area contributed by atoms with Crippen molar-refractivity contribution in [3.05, 3.63) is 58.1 Å². The first kappa shape index (κ1) is 24.1. The van der Waals surface area contributed by atoms with Gasteiger partial charge in [0.2, 0.25) is 0 Å². The molecule has 1 spiro atoms. The summed E-state index contributed by atoms with van der Waals surface area (Å²) in [7, 11) is 1.66. The van der Waals surface area contributed by atoms with E-state index in [0.29, 0.717) is 41.7 Å². The van der Waals surface area contributed by atoms with Gasteiger partial charge in [-0.3, -0.25) is 10.3 Å². The molecular weight excluding hydrogens is 489 g/mol. The monoisotopic (exact) mass is 517 g/mol. The maximum Gasteiger partial charge on any atom is 0.321 e. The second kappa shape index (κ2) is 10.2. The summed E-state index contributed by atoms with van der Waals surface area (Å²) in [5, 5.41) is 3.80. The lowest BCUT2D eigenvalue weighted by molar-refractivity contribution is -0.0634. The molecule has 0 aromatic heterocycles. The van der Waals surface area contributed by atoms with E-state index in [0.717, 1.165) is 35.6 Å². The largest absolute Gasteiger partial charge is 0.493 e. The summed E-state index contributed by atoms with van der Waals surface area (Å²) < 4.78 is 11.8. The summed E-state index contributed by atoms with van der Waals surface area (Å²) >= 11 is 12.1. The Kier molecular flexibility index (Phi) is 7.00. The molecule has 0 atom stereocenters. The standard InChI is InChI=1S/C26H29Cl2N3O4/c1-33-23-9-6-17(14-24(23)34-19-4-2-3-5-19)22-16-26(35-30-22)10-12-31(13-11-26)25(32)29-21-8-7-18(27)15-20(21)28/h6-9,14-16,19,30H,2-5,10-13H2,1H3,(H,29,32). The SMILES string of the molecule is COc1ccc(C2=CC3(CCN(C(=O)Nc4ccc(Cl)cc4Cl)CC3)ON2)cc1OC1CCCC1. The Bertz CT molecular complexity index is 1130. The second-order valence-electron chi connectivity index (χ2n) is 9.26. The zero-order valence-corrected chi connectivity index (χ0v) is 21.1. The number of amides is 2. The molecule has 2 N–H and O–H groups in total. The van der Waals surface area contributed by atoms with Crippen molar-refractivity contribution in [2.45, 2.75) is 50.2 Å². The Balaban J connectivity index is 1.24. The highest BCUT2D eigenvalue weighted by molar-refractivity contribution is 6.36. The van der Waals surface area contributed by atoms with Gasteiger partial charge in [-0.15, -0.1) is 0 Å². The summed E-state index contributed by atoms with van der Waals surface area (Å²) in [5.41, 5.74) is 5.06. The quantitative estimate of drug-likeness (QED) is 0.489. The molecule has 3 aliphatic rings. The number of halogens is 2. The Morgan fingerprint density at radius 1 is 1.11 bits per heavy atom. The van der Waals surface area contributed by atoms with Crippen LogP contribution in [-0.2, 0) is 4.84 Å². The number of ether oxygens (including phenoxy) is 2. The molecule has 2 fully saturated rings. The van der Waals surface area contributed by atoms with Crippen LogP contribution in [-0.4, -0.2) is 42.8 Å². The highest BCUT2D eigenvalue weighted by atomic mass is 35.5. The highest BCUT2D eigenvalue weighted by Gasteiger charge is 2.40. The van der Waals surface area contributed by atoms with Gasteiger partial charge in [0.25, 0.3) is 0 Å². The van der Waals surface area contributed by atoms with Gasteiger partial charge >= 0.3 is 6.03 Å². The van der Waals surface area contributed by atoms with Crippen molar-refractivity contribution < 1.29 is 19.1 Å². The Hall–Kier alpha value is -2.61. The molecular formula is C26H29Cl2N3O4. The van der Waals surface area contributed by atoms with E-state index in [1.807, 2.05) is 18.2 Å². The van der Waals surface area contributed by atoms with Crippen molar-refractivity contribution >= 4 is 40.6 Å². The fourth-order valence-electron chi connectivity index (χ4n) is 4.86. The van der Waals surface area contributed by atoms with Gasteiger partial charge in [-0.05, 0) is 68.2 Å². The molecule has 2 heterocycles. The van der Waals surface area contributed by atoms with Gasteiger partial charge in [-0.1, -0.05) is 23.2 Å². The number of urea groups is 1. The lowest BCUT2D eigenvalue weighted by Crippen LogP contribution is -2.48.